The van der Waals surface area contributed by atoms with E-state index in [0.717, 1.165) is 23.4 Å². The summed E-state index contributed by atoms with van der Waals surface area (Å²) in [5.41, 5.74) is 3.36. The van der Waals surface area contributed by atoms with Crippen LogP contribution >= 0.6 is 24.0 Å². The zero-order valence-electron chi connectivity index (χ0n) is 8.83. The SMILES string of the molecule is CCn1c(C)nc2cc(CCl)ccc21.Cl. The van der Waals surface area contributed by atoms with Crippen LogP contribution in [0.2, 0.25) is 0 Å². The highest BCUT2D eigenvalue weighted by Gasteiger charge is 2.05. The number of aromatic nitrogens is 2. The fourth-order valence-electron chi connectivity index (χ4n) is 1.78. The molecular weight excluding hydrogens is 231 g/mol. The summed E-state index contributed by atoms with van der Waals surface area (Å²) in [5, 5.41) is 0. The number of fused-ring (bicyclic) bond motifs is 1. The molecular formula is C11H14Cl2N2. The molecule has 0 unspecified atom stereocenters. The number of imidazole rings is 1. The molecule has 0 radical (unpaired) electrons. The normalized spacial score (nSPS) is 10.3. The third-order valence-corrected chi connectivity index (χ3v) is 2.78. The van der Waals surface area contributed by atoms with Gasteiger partial charge in [-0.2, -0.15) is 0 Å². The Hall–Kier alpha value is -0.730. The zero-order chi connectivity index (χ0) is 10.1. The fourth-order valence-corrected chi connectivity index (χ4v) is 1.94. The monoisotopic (exact) mass is 244 g/mol. The highest BCUT2D eigenvalue weighted by Crippen LogP contribution is 2.18. The fraction of sp³-hybridized carbons (Fsp3) is 0.364. The molecule has 1 heterocycles. The first-order valence-corrected chi connectivity index (χ1v) is 5.31. The van der Waals surface area contributed by atoms with E-state index in [-0.39, 0.29) is 12.4 Å². The van der Waals surface area contributed by atoms with Crippen molar-refractivity contribution in [2.75, 3.05) is 0 Å². The van der Waals surface area contributed by atoms with E-state index >= 15 is 0 Å². The predicted molar refractivity (Wildman–Crippen MR) is 66.9 cm³/mol. The molecule has 2 nitrogen and oxygen atoms in total. The molecule has 0 fully saturated rings. The number of aryl methyl sites for hydroxylation is 2. The summed E-state index contributed by atoms with van der Waals surface area (Å²) in [6.07, 6.45) is 0. The maximum atomic E-state index is 5.77. The molecule has 0 saturated heterocycles. The zero-order valence-corrected chi connectivity index (χ0v) is 10.4. The van der Waals surface area contributed by atoms with Crippen molar-refractivity contribution in [3.63, 3.8) is 0 Å². The Morgan fingerprint density at radius 2 is 2.13 bits per heavy atom. The number of hydrogen-bond donors (Lipinski definition) is 0. The Labute approximate surface area is 101 Å². The van der Waals surface area contributed by atoms with Crippen molar-refractivity contribution in [1.29, 1.82) is 0 Å². The lowest BCUT2D eigenvalue weighted by Crippen LogP contribution is -1.95. The first-order chi connectivity index (χ1) is 6.76. The summed E-state index contributed by atoms with van der Waals surface area (Å²) in [6.45, 7) is 5.12. The van der Waals surface area contributed by atoms with Gasteiger partial charge in [0.25, 0.3) is 0 Å². The molecule has 2 aromatic rings. The molecule has 0 aliphatic heterocycles. The average Bonchev–Trinajstić information content (AvgIpc) is 2.51. The lowest BCUT2D eigenvalue weighted by molar-refractivity contribution is 0.753. The summed E-state index contributed by atoms with van der Waals surface area (Å²) < 4.78 is 2.20. The van der Waals surface area contributed by atoms with Crippen LogP contribution < -0.4 is 0 Å². The number of rotatable bonds is 2. The van der Waals surface area contributed by atoms with Gasteiger partial charge in [-0.15, -0.1) is 24.0 Å². The van der Waals surface area contributed by atoms with Crippen molar-refractivity contribution in [3.05, 3.63) is 29.6 Å². The molecule has 0 aliphatic carbocycles. The minimum Gasteiger partial charge on any atom is -0.329 e. The first kappa shape index (κ1) is 12.3. The molecule has 0 aliphatic rings. The van der Waals surface area contributed by atoms with Crippen LogP contribution in [0, 0.1) is 6.92 Å². The molecule has 0 amide bonds. The van der Waals surface area contributed by atoms with Crippen LogP contribution in [0.25, 0.3) is 11.0 Å². The molecule has 4 heteroatoms. The van der Waals surface area contributed by atoms with E-state index in [2.05, 4.69) is 34.7 Å². The van der Waals surface area contributed by atoms with Gasteiger partial charge in [0.15, 0.2) is 0 Å². The number of hydrogen-bond acceptors (Lipinski definition) is 1. The number of nitrogens with zero attached hydrogens (tertiary/aromatic N) is 2. The van der Waals surface area contributed by atoms with Gasteiger partial charge in [-0.3, -0.25) is 0 Å². The van der Waals surface area contributed by atoms with Crippen LogP contribution in [0.3, 0.4) is 0 Å². The van der Waals surface area contributed by atoms with E-state index in [4.69, 9.17) is 11.6 Å². The molecule has 2 rings (SSSR count). The third-order valence-electron chi connectivity index (χ3n) is 2.47. The maximum absolute atomic E-state index is 5.77. The second-order valence-electron chi connectivity index (χ2n) is 3.36. The van der Waals surface area contributed by atoms with Gasteiger partial charge in [-0.05, 0) is 31.5 Å². The molecule has 1 aromatic carbocycles. The van der Waals surface area contributed by atoms with Crippen LogP contribution in [-0.2, 0) is 12.4 Å². The van der Waals surface area contributed by atoms with Gasteiger partial charge in [-0.1, -0.05) is 6.07 Å². The average molecular weight is 245 g/mol. The largest absolute Gasteiger partial charge is 0.329 e. The van der Waals surface area contributed by atoms with Crippen molar-refractivity contribution < 1.29 is 0 Å². The number of benzene rings is 1. The molecule has 0 atom stereocenters. The third kappa shape index (κ3) is 2.11. The molecule has 82 valence electrons. The molecule has 0 saturated carbocycles. The van der Waals surface area contributed by atoms with E-state index in [1.807, 2.05) is 6.92 Å². The highest BCUT2D eigenvalue weighted by atomic mass is 35.5. The van der Waals surface area contributed by atoms with Crippen molar-refractivity contribution in [2.24, 2.45) is 0 Å². The molecule has 0 N–H and O–H groups in total. The Morgan fingerprint density at radius 3 is 2.73 bits per heavy atom. The van der Waals surface area contributed by atoms with Gasteiger partial charge < -0.3 is 4.57 Å². The van der Waals surface area contributed by atoms with Gasteiger partial charge in [-0.25, -0.2) is 4.98 Å². The van der Waals surface area contributed by atoms with Crippen LogP contribution in [0.5, 0.6) is 0 Å². The van der Waals surface area contributed by atoms with E-state index in [1.165, 1.54) is 5.52 Å². The summed E-state index contributed by atoms with van der Waals surface area (Å²) >= 11 is 5.77. The Bertz CT molecular complexity index is 463. The maximum Gasteiger partial charge on any atom is 0.106 e. The molecule has 1 aromatic heterocycles. The lowest BCUT2D eigenvalue weighted by atomic mass is 10.2. The summed E-state index contributed by atoms with van der Waals surface area (Å²) in [6, 6.07) is 6.21. The lowest BCUT2D eigenvalue weighted by Gasteiger charge is -2.01. The highest BCUT2D eigenvalue weighted by molar-refractivity contribution is 6.17. The van der Waals surface area contributed by atoms with E-state index in [0.29, 0.717) is 5.88 Å². The minimum absolute atomic E-state index is 0. The predicted octanol–water partition coefficient (Wildman–Crippen LogP) is 3.53. The van der Waals surface area contributed by atoms with Gasteiger partial charge in [0.2, 0.25) is 0 Å². The number of halogens is 2. The number of alkyl halides is 1. The van der Waals surface area contributed by atoms with Gasteiger partial charge in [0, 0.05) is 12.4 Å². The van der Waals surface area contributed by atoms with Gasteiger partial charge >= 0.3 is 0 Å². The standard InChI is InChI=1S/C11H13ClN2.ClH/c1-3-14-8(2)13-10-6-9(7-12)4-5-11(10)14;/h4-6H,3,7H2,1-2H3;1H. The van der Waals surface area contributed by atoms with Crippen molar-refractivity contribution in [2.45, 2.75) is 26.3 Å². The second kappa shape index (κ2) is 4.86. The van der Waals surface area contributed by atoms with Crippen molar-refractivity contribution in [1.82, 2.24) is 9.55 Å². The van der Waals surface area contributed by atoms with Gasteiger partial charge in [0.1, 0.15) is 5.82 Å². The summed E-state index contributed by atoms with van der Waals surface area (Å²) in [4.78, 5) is 4.50. The van der Waals surface area contributed by atoms with E-state index in [9.17, 15) is 0 Å². The van der Waals surface area contributed by atoms with Crippen LogP contribution in [0.15, 0.2) is 18.2 Å². The quantitative estimate of drug-likeness (QED) is 0.740. The van der Waals surface area contributed by atoms with Crippen molar-refractivity contribution in [3.8, 4) is 0 Å². The van der Waals surface area contributed by atoms with Gasteiger partial charge in [0.05, 0.1) is 11.0 Å². The Kier molecular flexibility index (Phi) is 4.00. The molecule has 0 bridgehead atoms. The van der Waals surface area contributed by atoms with E-state index < -0.39 is 0 Å². The Balaban J connectivity index is 0.00000112. The van der Waals surface area contributed by atoms with E-state index in [1.54, 1.807) is 0 Å². The van der Waals surface area contributed by atoms with Crippen molar-refractivity contribution >= 4 is 35.0 Å². The molecule has 0 spiro atoms. The second-order valence-corrected chi connectivity index (χ2v) is 3.63. The van der Waals surface area contributed by atoms with Crippen LogP contribution in [0.1, 0.15) is 18.3 Å². The topological polar surface area (TPSA) is 17.8 Å². The van der Waals surface area contributed by atoms with Crippen LogP contribution in [-0.4, -0.2) is 9.55 Å². The first-order valence-electron chi connectivity index (χ1n) is 4.78. The summed E-state index contributed by atoms with van der Waals surface area (Å²) in [7, 11) is 0. The van der Waals surface area contributed by atoms with Crippen LogP contribution in [0.4, 0.5) is 0 Å². The molecule has 15 heavy (non-hydrogen) atoms. The Morgan fingerprint density at radius 1 is 1.40 bits per heavy atom. The smallest absolute Gasteiger partial charge is 0.106 e. The minimum atomic E-state index is 0. The summed E-state index contributed by atoms with van der Waals surface area (Å²) in [5.74, 6) is 1.61.